The van der Waals surface area contributed by atoms with Gasteiger partial charge >= 0.3 is 5.97 Å². The number of ether oxygens (including phenoxy) is 2. The van der Waals surface area contributed by atoms with Crippen LogP contribution in [0.5, 0.6) is 0 Å². The molecule has 0 aromatic carbocycles. The monoisotopic (exact) mass is 721 g/mol. The maximum Gasteiger partial charge on any atom is 0.307 e. The molecule has 4 aliphatic carbocycles. The number of fused-ring (bicyclic) bond motifs is 3. The number of carbonyl (C=O) groups is 1. The van der Waals surface area contributed by atoms with Crippen LogP contribution in [0.1, 0.15) is 114 Å². The van der Waals surface area contributed by atoms with Gasteiger partial charge in [-0.15, -0.1) is 11.3 Å². The third-order valence-electron chi connectivity index (χ3n) is 16.5. The minimum Gasteiger partial charge on any atom is -0.481 e. The minimum atomic E-state index is -0.622. The Bertz CT molecular complexity index is 1650. The molecule has 4 fully saturated rings. The molecule has 2 aromatic rings. The van der Waals surface area contributed by atoms with Gasteiger partial charge in [-0.05, 0) is 91.3 Å². The van der Waals surface area contributed by atoms with E-state index in [0.29, 0.717) is 43.5 Å². The van der Waals surface area contributed by atoms with Crippen LogP contribution >= 0.6 is 11.3 Å². The van der Waals surface area contributed by atoms with Crippen molar-refractivity contribution in [1.29, 1.82) is 0 Å². The molecule has 3 saturated carbocycles. The van der Waals surface area contributed by atoms with E-state index in [9.17, 15) is 9.90 Å². The number of nitrogens with zero attached hydrogens (tertiary/aromatic N) is 4. The summed E-state index contributed by atoms with van der Waals surface area (Å²) in [7, 11) is 0. The summed E-state index contributed by atoms with van der Waals surface area (Å²) >= 11 is 1.58. The Hall–Kier alpha value is -2.14. The van der Waals surface area contributed by atoms with Crippen molar-refractivity contribution in [1.82, 2.24) is 19.7 Å². The molecule has 0 unspecified atom stereocenters. The van der Waals surface area contributed by atoms with Crippen LogP contribution in [-0.4, -0.2) is 62.3 Å². The van der Waals surface area contributed by atoms with Gasteiger partial charge < -0.3 is 20.3 Å². The average molecular weight is 722 g/mol. The first-order valence-corrected chi connectivity index (χ1v) is 20.5. The van der Waals surface area contributed by atoms with E-state index in [-0.39, 0.29) is 45.1 Å². The maximum absolute atomic E-state index is 13.5. The fraction of sp³-hybridized carbons (Fsp3) is 0.805. The van der Waals surface area contributed by atoms with Crippen molar-refractivity contribution in [3.63, 3.8) is 0 Å². The number of nitrogens with two attached hydrogens (primary N) is 1. The van der Waals surface area contributed by atoms with Gasteiger partial charge in [-0.25, -0.2) is 9.67 Å². The molecule has 7 rings (SSSR count). The highest BCUT2D eigenvalue weighted by molar-refractivity contribution is 7.13. The van der Waals surface area contributed by atoms with Crippen molar-refractivity contribution in [2.45, 2.75) is 125 Å². The Kier molecular flexibility index (Phi) is 9.08. The molecule has 1 saturated heterocycles. The number of aliphatic carboxylic acids is 1. The fourth-order valence-corrected chi connectivity index (χ4v) is 13.2. The number of rotatable bonds is 9. The second-order valence-corrected chi connectivity index (χ2v) is 20.3. The summed E-state index contributed by atoms with van der Waals surface area (Å²) in [6.45, 7) is 24.4. The van der Waals surface area contributed by atoms with E-state index in [1.807, 2.05) is 11.7 Å². The molecule has 9 nitrogen and oxygen atoms in total. The first-order chi connectivity index (χ1) is 23.9. The maximum atomic E-state index is 13.5. The Labute approximate surface area is 309 Å². The molecule has 2 bridgehead atoms. The molecule has 10 heteroatoms. The molecular formula is C41H63N5O4S. The van der Waals surface area contributed by atoms with Gasteiger partial charge in [0.15, 0.2) is 5.82 Å². The van der Waals surface area contributed by atoms with E-state index >= 15 is 0 Å². The quantitative estimate of drug-likeness (QED) is 0.248. The molecule has 12 atom stereocenters. The van der Waals surface area contributed by atoms with Gasteiger partial charge in [0.1, 0.15) is 6.33 Å². The van der Waals surface area contributed by atoms with E-state index in [2.05, 4.69) is 85.0 Å². The van der Waals surface area contributed by atoms with Gasteiger partial charge in [0.25, 0.3) is 0 Å². The first kappa shape index (κ1) is 37.2. The molecule has 0 spiro atoms. The topological polar surface area (TPSA) is 125 Å². The van der Waals surface area contributed by atoms with Crippen molar-refractivity contribution < 1.29 is 19.4 Å². The van der Waals surface area contributed by atoms with Crippen LogP contribution in [-0.2, 0) is 14.3 Å². The van der Waals surface area contributed by atoms with Crippen molar-refractivity contribution in [2.24, 2.45) is 68.3 Å². The zero-order valence-electron chi connectivity index (χ0n) is 32.7. The Morgan fingerprint density at radius 3 is 2.53 bits per heavy atom. The van der Waals surface area contributed by atoms with Crippen LogP contribution in [0.3, 0.4) is 0 Å². The number of aromatic nitrogens is 4. The van der Waals surface area contributed by atoms with Crippen LogP contribution in [0.4, 0.5) is 0 Å². The van der Waals surface area contributed by atoms with Gasteiger partial charge in [0.05, 0.1) is 48.3 Å². The van der Waals surface area contributed by atoms with E-state index in [1.165, 1.54) is 5.57 Å². The zero-order valence-corrected chi connectivity index (χ0v) is 33.6. The van der Waals surface area contributed by atoms with Gasteiger partial charge in [-0.3, -0.25) is 9.78 Å². The predicted octanol–water partition coefficient (Wildman–Crippen LogP) is 8.29. The van der Waals surface area contributed by atoms with Crippen molar-refractivity contribution in [3.05, 3.63) is 29.7 Å². The molecule has 3 N–H and O–H groups in total. The smallest absolute Gasteiger partial charge is 0.307 e. The van der Waals surface area contributed by atoms with E-state index in [1.54, 1.807) is 17.7 Å². The summed E-state index contributed by atoms with van der Waals surface area (Å²) in [5.41, 5.74) is 8.46. The van der Waals surface area contributed by atoms with E-state index < -0.39 is 17.4 Å². The molecule has 1 aliphatic heterocycles. The van der Waals surface area contributed by atoms with Crippen molar-refractivity contribution >= 4 is 17.3 Å². The summed E-state index contributed by atoms with van der Waals surface area (Å²) in [4.78, 5) is 23.7. The standard InChI is InChI=1S/C41H63N5O4S/c1-24(2)26(5)36(6)15-16-38(8)27-11-12-31-37(7)19-49-21-41(31,28(27)13-14-39(38,9)32(36)35(47)48)17-29(33(37)50-20-40(10,42)25(3)4)46-34(44-22-45-46)30-18-43-23-51-30/h13,18,22-27,29,31-33H,11-12,14-17,19-21,42H2,1-10H3,(H,47,48)/t26-,27+,29-,31+,32-,33+,36-,37-,38-,39+,40+,41+/m1/s1. The molecule has 0 radical (unpaired) electrons. The summed E-state index contributed by atoms with van der Waals surface area (Å²) in [5.74, 6) is 1.43. The van der Waals surface area contributed by atoms with Crippen LogP contribution < -0.4 is 5.73 Å². The lowest BCUT2D eigenvalue weighted by Gasteiger charge is -2.71. The highest BCUT2D eigenvalue weighted by Crippen LogP contribution is 2.75. The molecule has 5 aliphatic rings. The van der Waals surface area contributed by atoms with Gasteiger partial charge in [0.2, 0.25) is 0 Å². The van der Waals surface area contributed by atoms with Gasteiger partial charge in [-0.1, -0.05) is 74.0 Å². The summed E-state index contributed by atoms with van der Waals surface area (Å²) in [6.07, 6.45) is 11.6. The first-order valence-electron chi connectivity index (χ1n) is 19.6. The lowest BCUT2D eigenvalue weighted by molar-refractivity contribution is -0.252. The number of carboxylic acids is 1. The van der Waals surface area contributed by atoms with Gasteiger partial charge in [0, 0.05) is 22.6 Å². The molecule has 0 amide bonds. The van der Waals surface area contributed by atoms with Crippen LogP contribution in [0.15, 0.2) is 29.7 Å². The Morgan fingerprint density at radius 1 is 1.14 bits per heavy atom. The minimum absolute atomic E-state index is 0.0909. The van der Waals surface area contributed by atoms with E-state index in [0.717, 1.165) is 49.2 Å². The molecule has 51 heavy (non-hydrogen) atoms. The predicted molar refractivity (Wildman–Crippen MR) is 201 cm³/mol. The summed E-state index contributed by atoms with van der Waals surface area (Å²) in [6, 6.07) is -0.0909. The number of carboxylic acid groups (broad SMARTS) is 1. The zero-order chi connectivity index (χ0) is 36.9. The number of thiazole rings is 1. The third-order valence-corrected chi connectivity index (χ3v) is 17.3. The third kappa shape index (κ3) is 5.22. The number of hydrogen-bond acceptors (Lipinski definition) is 8. The highest BCUT2D eigenvalue weighted by atomic mass is 32.1. The number of hydrogen-bond donors (Lipinski definition) is 2. The highest BCUT2D eigenvalue weighted by Gasteiger charge is 2.72. The summed E-state index contributed by atoms with van der Waals surface area (Å²) in [5, 5.41) is 16.1. The molecule has 2 aromatic heterocycles. The van der Waals surface area contributed by atoms with Crippen LogP contribution in [0.2, 0.25) is 0 Å². The fourth-order valence-electron chi connectivity index (χ4n) is 12.6. The Balaban J connectivity index is 1.35. The largest absolute Gasteiger partial charge is 0.481 e. The second kappa shape index (κ2) is 12.5. The SMILES string of the molecule is CC(C)[C@@H](C)[C@@]1(C)CC[C@]2(C)[C@H]3CC[C@@H]4[C@@]5(COC[C@@]4(C)[C@@H](OC[C@](C)(N)C(C)C)[C@H](n4ncnc4-c4cncs4)C5)C3=CC[C@@]2(C)[C@@H]1C(=O)O. The van der Waals surface area contributed by atoms with Crippen LogP contribution in [0, 0.1) is 62.6 Å². The molecular weight excluding hydrogens is 659 g/mol. The Morgan fingerprint density at radius 2 is 1.88 bits per heavy atom. The number of allylic oxidation sites excluding steroid dienone is 1. The lowest BCUT2D eigenvalue weighted by atomic mass is 9.34. The van der Waals surface area contributed by atoms with Gasteiger partial charge in [-0.2, -0.15) is 5.10 Å². The van der Waals surface area contributed by atoms with Crippen molar-refractivity contribution in [3.8, 4) is 10.7 Å². The van der Waals surface area contributed by atoms with Crippen molar-refractivity contribution in [2.75, 3.05) is 19.8 Å². The second-order valence-electron chi connectivity index (χ2n) is 19.4. The average Bonchev–Trinajstić information content (AvgIpc) is 3.76. The molecule has 3 heterocycles. The van der Waals surface area contributed by atoms with E-state index in [4.69, 9.17) is 25.3 Å². The summed E-state index contributed by atoms with van der Waals surface area (Å²) < 4.78 is 16.0. The van der Waals surface area contributed by atoms with Crippen LogP contribution in [0.25, 0.3) is 10.7 Å². The lowest BCUT2D eigenvalue weighted by Crippen LogP contribution is -2.69. The normalized spacial score (nSPS) is 42.4. The molecule has 282 valence electrons.